The average Bonchev–Trinajstić information content (AvgIpc) is 2.39. The van der Waals surface area contributed by atoms with Gasteiger partial charge in [0.25, 0.3) is 0 Å². The number of aromatic nitrogens is 1. The van der Waals surface area contributed by atoms with E-state index in [1.165, 1.54) is 6.07 Å². The fourth-order valence-corrected chi connectivity index (χ4v) is 1.55. The number of amides is 1. The van der Waals surface area contributed by atoms with Crippen LogP contribution in [-0.4, -0.2) is 22.5 Å². The van der Waals surface area contributed by atoms with Gasteiger partial charge in [0, 0.05) is 11.3 Å². The number of nitrogens with one attached hydrogen (secondary N) is 1. The summed E-state index contributed by atoms with van der Waals surface area (Å²) in [6, 6.07) is 11.8. The number of nitrogens with zero attached hydrogens (tertiary/aromatic N) is 1. The minimum atomic E-state index is -1.07. The highest BCUT2D eigenvalue weighted by atomic mass is 16.4. The highest BCUT2D eigenvalue weighted by Gasteiger charge is 2.06. The molecule has 90 valence electrons. The fourth-order valence-electron chi connectivity index (χ4n) is 1.55. The van der Waals surface area contributed by atoms with E-state index in [0.29, 0.717) is 17.8 Å². The van der Waals surface area contributed by atoms with Gasteiger partial charge < -0.3 is 10.4 Å². The number of carbonyl (C=O) groups is 2. The van der Waals surface area contributed by atoms with Crippen molar-refractivity contribution in [2.24, 2.45) is 0 Å². The predicted octanol–water partition coefficient (Wildman–Crippen LogP) is 2.02. The molecular formula is C13H10N2O3. The second kappa shape index (κ2) is 5.09. The SMILES string of the molecule is O=CNc1cccc(-c2cccc(C(=O)O)n2)c1. The molecule has 0 aliphatic heterocycles. The average molecular weight is 242 g/mol. The van der Waals surface area contributed by atoms with Crippen LogP contribution in [0.5, 0.6) is 0 Å². The minimum Gasteiger partial charge on any atom is -0.477 e. The van der Waals surface area contributed by atoms with Gasteiger partial charge in [-0.1, -0.05) is 18.2 Å². The number of hydrogen-bond acceptors (Lipinski definition) is 3. The third-order valence-corrected chi connectivity index (χ3v) is 2.35. The smallest absolute Gasteiger partial charge is 0.354 e. The van der Waals surface area contributed by atoms with E-state index < -0.39 is 5.97 Å². The molecule has 0 aliphatic carbocycles. The fraction of sp³-hybridized carbons (Fsp3) is 0. The maximum atomic E-state index is 10.8. The zero-order chi connectivity index (χ0) is 13.0. The molecule has 5 heteroatoms. The quantitative estimate of drug-likeness (QED) is 0.804. The molecule has 0 bridgehead atoms. The first kappa shape index (κ1) is 11.8. The first-order chi connectivity index (χ1) is 8.70. The maximum absolute atomic E-state index is 10.8. The Hall–Kier alpha value is -2.69. The molecule has 18 heavy (non-hydrogen) atoms. The summed E-state index contributed by atoms with van der Waals surface area (Å²) in [7, 11) is 0. The van der Waals surface area contributed by atoms with Gasteiger partial charge in [0.15, 0.2) is 0 Å². The van der Waals surface area contributed by atoms with Gasteiger partial charge in [0.05, 0.1) is 5.69 Å². The summed E-state index contributed by atoms with van der Waals surface area (Å²) >= 11 is 0. The number of carbonyl (C=O) groups excluding carboxylic acids is 1. The van der Waals surface area contributed by atoms with Crippen LogP contribution < -0.4 is 5.32 Å². The Morgan fingerprint density at radius 3 is 2.72 bits per heavy atom. The molecule has 1 heterocycles. The van der Waals surface area contributed by atoms with Crippen LogP contribution in [0.15, 0.2) is 42.5 Å². The molecule has 0 saturated carbocycles. The summed E-state index contributed by atoms with van der Waals surface area (Å²) in [4.78, 5) is 25.2. The van der Waals surface area contributed by atoms with Gasteiger partial charge >= 0.3 is 5.97 Å². The molecule has 0 unspecified atom stereocenters. The number of benzene rings is 1. The molecule has 0 aliphatic rings. The lowest BCUT2D eigenvalue weighted by Crippen LogP contribution is -2.00. The molecule has 1 aromatic heterocycles. The summed E-state index contributed by atoms with van der Waals surface area (Å²) in [6.07, 6.45) is 0.584. The van der Waals surface area contributed by atoms with E-state index in [1.807, 2.05) is 0 Å². The van der Waals surface area contributed by atoms with Gasteiger partial charge in [-0.05, 0) is 24.3 Å². The molecule has 5 nitrogen and oxygen atoms in total. The van der Waals surface area contributed by atoms with Gasteiger partial charge in [-0.2, -0.15) is 0 Å². The van der Waals surface area contributed by atoms with Gasteiger partial charge in [0.1, 0.15) is 5.69 Å². The van der Waals surface area contributed by atoms with Gasteiger partial charge in [-0.3, -0.25) is 4.79 Å². The predicted molar refractivity (Wildman–Crippen MR) is 66.3 cm³/mol. The second-order valence-electron chi connectivity index (χ2n) is 3.56. The number of carboxylic acid groups (broad SMARTS) is 1. The summed E-state index contributed by atoms with van der Waals surface area (Å²) in [6.45, 7) is 0. The van der Waals surface area contributed by atoms with Crippen LogP contribution in [-0.2, 0) is 4.79 Å². The molecule has 2 aromatic rings. The molecule has 1 amide bonds. The molecule has 2 rings (SSSR count). The van der Waals surface area contributed by atoms with Crippen LogP contribution in [0.25, 0.3) is 11.3 Å². The van der Waals surface area contributed by atoms with Crippen molar-refractivity contribution in [2.75, 3.05) is 5.32 Å². The van der Waals surface area contributed by atoms with Crippen molar-refractivity contribution in [3.63, 3.8) is 0 Å². The van der Waals surface area contributed by atoms with E-state index in [1.54, 1.807) is 36.4 Å². The summed E-state index contributed by atoms with van der Waals surface area (Å²) in [5.41, 5.74) is 1.90. The third kappa shape index (κ3) is 2.52. The van der Waals surface area contributed by atoms with Crippen LogP contribution in [0.3, 0.4) is 0 Å². The van der Waals surface area contributed by atoms with Crippen LogP contribution in [0, 0.1) is 0 Å². The van der Waals surface area contributed by atoms with E-state index in [4.69, 9.17) is 5.11 Å². The van der Waals surface area contributed by atoms with Crippen molar-refractivity contribution < 1.29 is 14.7 Å². The highest BCUT2D eigenvalue weighted by Crippen LogP contribution is 2.20. The topological polar surface area (TPSA) is 79.3 Å². The Labute approximate surface area is 103 Å². The number of aromatic carboxylic acids is 1. The van der Waals surface area contributed by atoms with Crippen LogP contribution in [0.4, 0.5) is 5.69 Å². The van der Waals surface area contributed by atoms with Crippen molar-refractivity contribution in [2.45, 2.75) is 0 Å². The van der Waals surface area contributed by atoms with Gasteiger partial charge in [0.2, 0.25) is 6.41 Å². The summed E-state index contributed by atoms with van der Waals surface area (Å²) in [5.74, 6) is -1.07. The highest BCUT2D eigenvalue weighted by molar-refractivity contribution is 5.86. The third-order valence-electron chi connectivity index (χ3n) is 2.35. The molecule has 0 spiro atoms. The number of pyridine rings is 1. The number of hydrogen-bond donors (Lipinski definition) is 2. The van der Waals surface area contributed by atoms with Crippen molar-refractivity contribution >= 4 is 18.1 Å². The van der Waals surface area contributed by atoms with E-state index in [0.717, 1.165) is 5.56 Å². The van der Waals surface area contributed by atoms with E-state index in [-0.39, 0.29) is 5.69 Å². The second-order valence-corrected chi connectivity index (χ2v) is 3.56. The summed E-state index contributed by atoms with van der Waals surface area (Å²) < 4.78 is 0. The van der Waals surface area contributed by atoms with Crippen LogP contribution in [0.1, 0.15) is 10.5 Å². The monoisotopic (exact) mass is 242 g/mol. The standard InChI is InChI=1S/C13H10N2O3/c16-8-14-10-4-1-3-9(7-10)11-5-2-6-12(15-11)13(17)18/h1-8H,(H,14,16)(H,17,18). The Balaban J connectivity index is 2.41. The maximum Gasteiger partial charge on any atom is 0.354 e. The number of anilines is 1. The Bertz CT molecular complexity index is 596. The van der Waals surface area contributed by atoms with Gasteiger partial charge in [-0.15, -0.1) is 0 Å². The molecule has 0 atom stereocenters. The van der Waals surface area contributed by atoms with E-state index in [9.17, 15) is 9.59 Å². The van der Waals surface area contributed by atoms with E-state index in [2.05, 4.69) is 10.3 Å². The van der Waals surface area contributed by atoms with Gasteiger partial charge in [-0.25, -0.2) is 9.78 Å². The summed E-state index contributed by atoms with van der Waals surface area (Å²) in [5, 5.41) is 11.4. The first-order valence-electron chi connectivity index (χ1n) is 5.21. The van der Waals surface area contributed by atoms with Crippen molar-refractivity contribution in [3.05, 3.63) is 48.2 Å². The van der Waals surface area contributed by atoms with Crippen LogP contribution >= 0.6 is 0 Å². The van der Waals surface area contributed by atoms with Crippen molar-refractivity contribution in [1.82, 2.24) is 4.98 Å². The Morgan fingerprint density at radius 1 is 1.22 bits per heavy atom. The lowest BCUT2D eigenvalue weighted by atomic mass is 10.1. The molecule has 0 fully saturated rings. The normalized spacial score (nSPS) is 9.78. The van der Waals surface area contributed by atoms with Crippen molar-refractivity contribution in [3.8, 4) is 11.3 Å². The molecule has 0 saturated heterocycles. The molecule has 1 aromatic carbocycles. The Kier molecular flexibility index (Phi) is 3.33. The lowest BCUT2D eigenvalue weighted by molar-refractivity contribution is -0.105. The first-order valence-corrected chi connectivity index (χ1v) is 5.21. The Morgan fingerprint density at radius 2 is 2.00 bits per heavy atom. The lowest BCUT2D eigenvalue weighted by Gasteiger charge is -2.04. The number of carboxylic acids is 1. The molecule has 0 radical (unpaired) electrons. The molecular weight excluding hydrogens is 232 g/mol. The zero-order valence-electron chi connectivity index (χ0n) is 9.33. The molecule has 2 N–H and O–H groups in total. The largest absolute Gasteiger partial charge is 0.477 e. The zero-order valence-corrected chi connectivity index (χ0v) is 9.33. The van der Waals surface area contributed by atoms with Crippen molar-refractivity contribution in [1.29, 1.82) is 0 Å². The number of rotatable bonds is 4. The van der Waals surface area contributed by atoms with E-state index >= 15 is 0 Å². The van der Waals surface area contributed by atoms with Crippen LogP contribution in [0.2, 0.25) is 0 Å². The minimum absolute atomic E-state index is 0.0127.